The van der Waals surface area contributed by atoms with Crippen LogP contribution in [0, 0.1) is 5.82 Å². The summed E-state index contributed by atoms with van der Waals surface area (Å²) in [5, 5.41) is 3.59. The van der Waals surface area contributed by atoms with E-state index in [0.717, 1.165) is 28.0 Å². The Morgan fingerprint density at radius 1 is 1.33 bits per heavy atom. The maximum atomic E-state index is 14.0. The van der Waals surface area contributed by atoms with E-state index in [1.165, 1.54) is 31.2 Å². The highest BCUT2D eigenvalue weighted by Gasteiger charge is 2.26. The van der Waals surface area contributed by atoms with Gasteiger partial charge in [-0.1, -0.05) is 12.1 Å². The number of nitrogens with one attached hydrogen (secondary N) is 1. The Morgan fingerprint density at radius 2 is 2.08 bits per heavy atom. The van der Waals surface area contributed by atoms with Gasteiger partial charge in [-0.25, -0.2) is 9.37 Å². The van der Waals surface area contributed by atoms with Gasteiger partial charge in [0.1, 0.15) is 5.82 Å². The van der Waals surface area contributed by atoms with Crippen molar-refractivity contribution < 1.29 is 18.8 Å². The molecule has 1 N–H and O–H groups in total. The molecule has 1 aliphatic heterocycles. The minimum atomic E-state index is -0.542. The number of thioether (sulfide) groups is 1. The van der Waals surface area contributed by atoms with E-state index < -0.39 is 22.9 Å². The first-order chi connectivity index (χ1) is 11.5. The zero-order valence-corrected chi connectivity index (χ0v) is 13.9. The molecule has 1 aromatic carbocycles. The minimum Gasteiger partial charge on any atom is -0.282 e. The summed E-state index contributed by atoms with van der Waals surface area (Å²) in [4.78, 5) is 40.3. The Balaban J connectivity index is 1.95. The second-order valence-electron chi connectivity index (χ2n) is 4.71. The summed E-state index contributed by atoms with van der Waals surface area (Å²) in [6.07, 6.45) is 1.45. The van der Waals surface area contributed by atoms with Crippen LogP contribution in [0.1, 0.15) is 12.6 Å². The van der Waals surface area contributed by atoms with Crippen molar-refractivity contribution in [3.63, 3.8) is 0 Å². The van der Waals surface area contributed by atoms with Gasteiger partial charge in [0.05, 0.1) is 16.3 Å². The lowest BCUT2D eigenvalue weighted by atomic mass is 10.3. The second-order valence-corrected chi connectivity index (χ2v) is 6.56. The molecule has 0 radical (unpaired) electrons. The third-order valence-electron chi connectivity index (χ3n) is 3.03. The third-order valence-corrected chi connectivity index (χ3v) is 4.69. The van der Waals surface area contributed by atoms with E-state index in [4.69, 9.17) is 0 Å². The molecular weight excluding hydrogens is 353 g/mol. The maximum absolute atomic E-state index is 14.0. The van der Waals surface area contributed by atoms with E-state index in [0.29, 0.717) is 5.69 Å². The molecule has 3 rings (SSSR count). The standard InChI is InChI=1S/C15H10FN3O3S2/c1-8(20)19(11-5-3-2-4-10(11)16)14-17-9(7-23-14)6-12-13(21)18-15(22)24-12/h2-7H,1H3,(H,18,21,22)/b12-6-. The quantitative estimate of drug-likeness (QED) is 0.847. The smallest absolute Gasteiger partial charge is 0.282 e. The van der Waals surface area contributed by atoms with Crippen molar-refractivity contribution >= 4 is 57.0 Å². The molecule has 1 saturated heterocycles. The summed E-state index contributed by atoms with van der Waals surface area (Å²) >= 11 is 1.91. The minimum absolute atomic E-state index is 0.0988. The van der Waals surface area contributed by atoms with Crippen LogP contribution in [0.5, 0.6) is 0 Å². The van der Waals surface area contributed by atoms with Crippen molar-refractivity contribution in [1.29, 1.82) is 0 Å². The number of aromatic nitrogens is 1. The summed E-state index contributed by atoms with van der Waals surface area (Å²) in [7, 11) is 0. The van der Waals surface area contributed by atoms with Crippen molar-refractivity contribution in [1.82, 2.24) is 10.3 Å². The number of para-hydroxylation sites is 1. The molecule has 0 saturated carbocycles. The van der Waals surface area contributed by atoms with Gasteiger partial charge in [0.15, 0.2) is 5.13 Å². The number of anilines is 2. The number of hydrogen-bond acceptors (Lipinski definition) is 6. The molecule has 6 nitrogen and oxygen atoms in total. The summed E-state index contributed by atoms with van der Waals surface area (Å²) < 4.78 is 14.0. The van der Waals surface area contributed by atoms with Crippen LogP contribution in [0.3, 0.4) is 0 Å². The molecule has 0 unspecified atom stereocenters. The van der Waals surface area contributed by atoms with E-state index in [2.05, 4.69) is 10.3 Å². The highest BCUT2D eigenvalue weighted by atomic mass is 32.2. The largest absolute Gasteiger partial charge is 0.290 e. The van der Waals surface area contributed by atoms with Crippen LogP contribution in [0.4, 0.5) is 20.0 Å². The van der Waals surface area contributed by atoms with E-state index in [-0.39, 0.29) is 15.7 Å². The molecule has 9 heteroatoms. The number of hydrogen-bond donors (Lipinski definition) is 1. The lowest BCUT2D eigenvalue weighted by Crippen LogP contribution is -2.23. The highest BCUT2D eigenvalue weighted by Crippen LogP contribution is 2.32. The predicted molar refractivity (Wildman–Crippen MR) is 90.4 cm³/mol. The van der Waals surface area contributed by atoms with Crippen LogP contribution in [-0.4, -0.2) is 22.0 Å². The van der Waals surface area contributed by atoms with Gasteiger partial charge in [-0.05, 0) is 30.0 Å². The van der Waals surface area contributed by atoms with E-state index >= 15 is 0 Å². The van der Waals surface area contributed by atoms with E-state index in [9.17, 15) is 18.8 Å². The molecule has 1 aromatic heterocycles. The zero-order chi connectivity index (χ0) is 17.3. The Hall–Kier alpha value is -2.52. The van der Waals surface area contributed by atoms with Crippen LogP contribution in [-0.2, 0) is 9.59 Å². The number of benzene rings is 1. The van der Waals surface area contributed by atoms with E-state index in [1.807, 2.05) is 0 Å². The molecule has 2 aromatic rings. The van der Waals surface area contributed by atoms with Gasteiger partial charge in [0, 0.05) is 12.3 Å². The molecule has 122 valence electrons. The van der Waals surface area contributed by atoms with Gasteiger partial charge in [0.2, 0.25) is 5.91 Å². The number of nitrogens with zero attached hydrogens (tertiary/aromatic N) is 2. The normalized spacial score (nSPS) is 15.7. The Morgan fingerprint density at radius 3 is 2.71 bits per heavy atom. The van der Waals surface area contributed by atoms with Crippen molar-refractivity contribution in [2.45, 2.75) is 6.92 Å². The SMILES string of the molecule is CC(=O)N(c1nc(/C=C2\SC(=O)NC2=O)cs1)c1ccccc1F. The summed E-state index contributed by atoms with van der Waals surface area (Å²) in [6.45, 7) is 1.31. The van der Waals surface area contributed by atoms with Crippen LogP contribution in [0.25, 0.3) is 6.08 Å². The molecule has 1 fully saturated rings. The molecule has 1 aliphatic rings. The van der Waals surface area contributed by atoms with Gasteiger partial charge in [0.25, 0.3) is 11.1 Å². The monoisotopic (exact) mass is 363 g/mol. The van der Waals surface area contributed by atoms with E-state index in [1.54, 1.807) is 11.4 Å². The second kappa shape index (κ2) is 6.54. The van der Waals surface area contributed by atoms with Crippen LogP contribution < -0.4 is 10.2 Å². The number of carbonyl (C=O) groups excluding carboxylic acids is 3. The molecule has 0 aliphatic carbocycles. The zero-order valence-electron chi connectivity index (χ0n) is 12.3. The fourth-order valence-corrected chi connectivity index (χ4v) is 3.55. The lowest BCUT2D eigenvalue weighted by molar-refractivity contribution is -0.116. The van der Waals surface area contributed by atoms with Crippen molar-refractivity contribution in [2.75, 3.05) is 4.90 Å². The fourth-order valence-electron chi connectivity index (χ4n) is 2.04. The first-order valence-electron chi connectivity index (χ1n) is 6.71. The van der Waals surface area contributed by atoms with Gasteiger partial charge in [-0.3, -0.25) is 24.6 Å². The first kappa shape index (κ1) is 16.3. The highest BCUT2D eigenvalue weighted by molar-refractivity contribution is 8.18. The maximum Gasteiger partial charge on any atom is 0.290 e. The van der Waals surface area contributed by atoms with Crippen LogP contribution in [0.2, 0.25) is 0 Å². The number of halogens is 1. The van der Waals surface area contributed by atoms with Gasteiger partial charge < -0.3 is 0 Å². The molecule has 0 spiro atoms. The topological polar surface area (TPSA) is 79.4 Å². The van der Waals surface area contributed by atoms with Gasteiger partial charge in [-0.2, -0.15) is 0 Å². The summed E-state index contributed by atoms with van der Waals surface area (Å²) in [5.41, 5.74) is 0.506. The van der Waals surface area contributed by atoms with Gasteiger partial charge in [-0.15, -0.1) is 11.3 Å². The number of amides is 3. The average molecular weight is 363 g/mol. The predicted octanol–water partition coefficient (Wildman–Crippen LogP) is 3.29. The fraction of sp³-hybridized carbons (Fsp3) is 0.0667. The van der Waals surface area contributed by atoms with Crippen LogP contribution >= 0.6 is 23.1 Å². The molecule has 0 atom stereocenters. The van der Waals surface area contributed by atoms with Crippen LogP contribution in [0.15, 0.2) is 34.6 Å². The summed E-state index contributed by atoms with van der Waals surface area (Å²) in [6, 6.07) is 5.89. The van der Waals surface area contributed by atoms with Crippen molar-refractivity contribution in [2.24, 2.45) is 0 Å². The van der Waals surface area contributed by atoms with Gasteiger partial charge >= 0.3 is 0 Å². The Labute approximate surface area is 144 Å². The molecule has 24 heavy (non-hydrogen) atoms. The third kappa shape index (κ3) is 3.22. The molecular formula is C15H10FN3O3S2. The first-order valence-corrected chi connectivity index (χ1v) is 8.41. The Kier molecular flexibility index (Phi) is 4.45. The lowest BCUT2D eigenvalue weighted by Gasteiger charge is -2.18. The molecule has 0 bridgehead atoms. The van der Waals surface area contributed by atoms with Crippen molar-refractivity contribution in [3.8, 4) is 0 Å². The Bertz CT molecular complexity index is 878. The number of rotatable bonds is 3. The average Bonchev–Trinajstić information content (AvgIpc) is 3.08. The molecule has 2 heterocycles. The summed E-state index contributed by atoms with van der Waals surface area (Å²) in [5.74, 6) is -1.42. The number of thiazole rings is 1. The van der Waals surface area contributed by atoms with Crippen molar-refractivity contribution in [3.05, 3.63) is 46.1 Å². The molecule has 3 amide bonds. The number of imide groups is 1. The number of carbonyl (C=O) groups is 3.